The Morgan fingerprint density at radius 1 is 1.12 bits per heavy atom. The van der Waals surface area contributed by atoms with Gasteiger partial charge in [0.25, 0.3) is 5.91 Å². The average molecular weight is 623 g/mol. The molecular formula is C30H32BrN5O5. The summed E-state index contributed by atoms with van der Waals surface area (Å²) in [5, 5.41) is 14.1. The second-order valence-corrected chi connectivity index (χ2v) is 11.9. The first-order chi connectivity index (χ1) is 19.8. The molecule has 11 heteroatoms. The Bertz CT molecular complexity index is 1510. The van der Waals surface area contributed by atoms with E-state index >= 15 is 0 Å². The van der Waals surface area contributed by atoms with Crippen molar-refractivity contribution in [2.24, 2.45) is 18.9 Å². The van der Waals surface area contributed by atoms with Crippen molar-refractivity contribution in [3.05, 3.63) is 75.3 Å². The number of fused-ring (bicyclic) bond motifs is 2. The number of rotatable bonds is 7. The molecule has 0 spiro atoms. The van der Waals surface area contributed by atoms with E-state index in [9.17, 15) is 19.5 Å². The molecule has 1 fully saturated rings. The predicted octanol–water partition coefficient (Wildman–Crippen LogP) is 4.13. The molecule has 1 saturated carbocycles. The molecule has 0 bridgehead atoms. The van der Waals surface area contributed by atoms with Crippen LogP contribution in [0.15, 0.2) is 47.2 Å². The van der Waals surface area contributed by atoms with Gasteiger partial charge in [0.05, 0.1) is 17.9 Å². The van der Waals surface area contributed by atoms with Crippen LogP contribution >= 0.6 is 15.9 Å². The van der Waals surface area contributed by atoms with Crippen molar-refractivity contribution >= 4 is 33.7 Å². The van der Waals surface area contributed by atoms with Crippen LogP contribution in [-0.4, -0.2) is 60.5 Å². The number of aliphatic carboxylic acids is 1. The van der Waals surface area contributed by atoms with Gasteiger partial charge in [0.2, 0.25) is 5.91 Å². The summed E-state index contributed by atoms with van der Waals surface area (Å²) in [6, 6.07) is 10.9. The molecule has 214 valence electrons. The Kier molecular flexibility index (Phi) is 7.54. The van der Waals surface area contributed by atoms with E-state index in [1.807, 2.05) is 41.3 Å². The zero-order valence-electron chi connectivity index (χ0n) is 22.8. The molecule has 41 heavy (non-hydrogen) atoms. The summed E-state index contributed by atoms with van der Waals surface area (Å²) in [6.45, 7) is 1.34. The van der Waals surface area contributed by atoms with Gasteiger partial charge in [-0.1, -0.05) is 47.0 Å². The molecule has 0 saturated heterocycles. The van der Waals surface area contributed by atoms with Crippen LogP contribution < -0.4 is 4.74 Å². The molecule has 2 aromatic carbocycles. The van der Waals surface area contributed by atoms with Crippen LogP contribution in [-0.2, 0) is 36.2 Å². The van der Waals surface area contributed by atoms with Crippen molar-refractivity contribution < 1.29 is 24.2 Å². The molecule has 3 atom stereocenters. The molecule has 1 aliphatic carbocycles. The first-order valence-electron chi connectivity index (χ1n) is 14.0. The standard InChI is InChI=1S/C30H32BrN5O5/c1-34-26(32-17-33-34)16-41-25-11-10-23(31)22-12-13-36(29(38)20-8-4-5-9-21(20)30(39)40)24(27(22)25)15-35-14-18-6-2-3-7-19(18)28(35)37/h2-3,6-7,10-11,17,20-21,24H,4-5,8-9,12-16H2,1H3,(H,39,40)/t20-,21+,24-/m1/s1. The zero-order chi connectivity index (χ0) is 28.7. The van der Waals surface area contributed by atoms with Crippen molar-refractivity contribution in [3.8, 4) is 5.75 Å². The van der Waals surface area contributed by atoms with Crippen LogP contribution in [0.1, 0.15) is 64.6 Å². The number of carboxylic acids is 1. The van der Waals surface area contributed by atoms with Crippen molar-refractivity contribution in [2.45, 2.75) is 51.3 Å². The lowest BCUT2D eigenvalue weighted by molar-refractivity contribution is -0.153. The van der Waals surface area contributed by atoms with Gasteiger partial charge in [-0.05, 0) is 48.6 Å². The third-order valence-corrected chi connectivity index (χ3v) is 9.45. The number of nitrogens with zero attached hydrogens (tertiary/aromatic N) is 5. The maximum atomic E-state index is 14.2. The van der Waals surface area contributed by atoms with E-state index in [4.69, 9.17) is 4.74 Å². The Morgan fingerprint density at radius 3 is 2.63 bits per heavy atom. The highest BCUT2D eigenvalue weighted by Crippen LogP contribution is 2.43. The van der Waals surface area contributed by atoms with Gasteiger partial charge in [0, 0.05) is 42.3 Å². The van der Waals surface area contributed by atoms with Gasteiger partial charge in [-0.3, -0.25) is 19.1 Å². The minimum atomic E-state index is -0.919. The summed E-state index contributed by atoms with van der Waals surface area (Å²) in [4.78, 5) is 47.7. The van der Waals surface area contributed by atoms with E-state index in [-0.39, 0.29) is 25.0 Å². The molecule has 3 aromatic rings. The first-order valence-corrected chi connectivity index (χ1v) is 14.8. The number of benzene rings is 2. The lowest BCUT2D eigenvalue weighted by Gasteiger charge is -2.43. The highest BCUT2D eigenvalue weighted by molar-refractivity contribution is 9.10. The molecule has 3 heterocycles. The Labute approximate surface area is 246 Å². The van der Waals surface area contributed by atoms with Gasteiger partial charge in [-0.15, -0.1) is 0 Å². The minimum absolute atomic E-state index is 0.0715. The molecule has 10 nitrogen and oxygen atoms in total. The fraction of sp³-hybridized carbons (Fsp3) is 0.433. The first kappa shape index (κ1) is 27.4. The minimum Gasteiger partial charge on any atom is -0.485 e. The topological polar surface area (TPSA) is 118 Å². The van der Waals surface area contributed by atoms with Crippen molar-refractivity contribution in [1.82, 2.24) is 24.6 Å². The maximum Gasteiger partial charge on any atom is 0.307 e. The number of hydrogen-bond donors (Lipinski definition) is 1. The van der Waals surface area contributed by atoms with Gasteiger partial charge in [0.15, 0.2) is 5.82 Å². The highest BCUT2D eigenvalue weighted by atomic mass is 79.9. The Hall–Kier alpha value is -3.73. The van der Waals surface area contributed by atoms with Gasteiger partial charge in [-0.2, -0.15) is 5.10 Å². The number of aryl methyl sites for hydroxylation is 1. The fourth-order valence-corrected chi connectivity index (χ4v) is 7.10. The quantitative estimate of drug-likeness (QED) is 0.421. The summed E-state index contributed by atoms with van der Waals surface area (Å²) in [5.74, 6) is -1.18. The molecule has 6 rings (SSSR count). The number of aromatic nitrogens is 3. The molecule has 0 radical (unpaired) electrons. The molecule has 1 aromatic heterocycles. The van der Waals surface area contributed by atoms with E-state index in [1.54, 1.807) is 16.6 Å². The number of halogens is 1. The smallest absolute Gasteiger partial charge is 0.307 e. The third kappa shape index (κ3) is 5.11. The van der Waals surface area contributed by atoms with E-state index in [0.29, 0.717) is 49.5 Å². The van der Waals surface area contributed by atoms with Crippen molar-refractivity contribution in [3.63, 3.8) is 0 Å². The van der Waals surface area contributed by atoms with Crippen LogP contribution in [0.2, 0.25) is 0 Å². The van der Waals surface area contributed by atoms with E-state index < -0.39 is 23.8 Å². The summed E-state index contributed by atoms with van der Waals surface area (Å²) < 4.78 is 8.88. The van der Waals surface area contributed by atoms with Gasteiger partial charge >= 0.3 is 5.97 Å². The summed E-state index contributed by atoms with van der Waals surface area (Å²) in [5.41, 5.74) is 3.50. The van der Waals surface area contributed by atoms with E-state index in [1.165, 1.54) is 6.33 Å². The predicted molar refractivity (Wildman–Crippen MR) is 152 cm³/mol. The zero-order valence-corrected chi connectivity index (χ0v) is 24.4. The number of ether oxygens (including phenoxy) is 1. The summed E-state index contributed by atoms with van der Waals surface area (Å²) in [7, 11) is 1.80. The second-order valence-electron chi connectivity index (χ2n) is 11.0. The van der Waals surface area contributed by atoms with Crippen molar-refractivity contribution in [1.29, 1.82) is 0 Å². The molecule has 0 unspecified atom stereocenters. The molecule has 2 amide bonds. The number of hydrogen-bond acceptors (Lipinski definition) is 6. The van der Waals surface area contributed by atoms with E-state index in [2.05, 4.69) is 26.0 Å². The fourth-order valence-electron chi connectivity index (χ4n) is 6.56. The van der Waals surface area contributed by atoms with Crippen LogP contribution in [0.5, 0.6) is 5.75 Å². The lowest BCUT2D eigenvalue weighted by atomic mass is 9.77. The molecule has 3 aliphatic rings. The lowest BCUT2D eigenvalue weighted by Crippen LogP contribution is -2.50. The highest BCUT2D eigenvalue weighted by Gasteiger charge is 2.44. The Balaban J connectivity index is 1.39. The van der Waals surface area contributed by atoms with E-state index in [0.717, 1.165) is 34.0 Å². The van der Waals surface area contributed by atoms with Gasteiger partial charge in [0.1, 0.15) is 18.7 Å². The van der Waals surface area contributed by atoms with Gasteiger partial charge in [-0.25, -0.2) is 4.98 Å². The monoisotopic (exact) mass is 621 g/mol. The maximum absolute atomic E-state index is 14.2. The molecule has 1 N–H and O–H groups in total. The van der Waals surface area contributed by atoms with Crippen molar-refractivity contribution in [2.75, 3.05) is 13.1 Å². The SMILES string of the molecule is Cn1ncnc1COc1ccc(Br)c2c1[C@@H](CN1Cc3ccccc3C1=O)N(C(=O)[C@@H]1CCCC[C@@H]1C(=O)O)CC2. The number of carboxylic acid groups (broad SMARTS) is 1. The summed E-state index contributed by atoms with van der Waals surface area (Å²) in [6.07, 6.45) is 4.73. The summed E-state index contributed by atoms with van der Waals surface area (Å²) >= 11 is 3.71. The third-order valence-electron chi connectivity index (χ3n) is 8.71. The number of carbonyl (C=O) groups is 3. The second kappa shape index (κ2) is 11.3. The van der Waals surface area contributed by atoms with Crippen LogP contribution in [0, 0.1) is 11.8 Å². The van der Waals surface area contributed by atoms with Gasteiger partial charge < -0.3 is 19.6 Å². The van der Waals surface area contributed by atoms with Crippen LogP contribution in [0.4, 0.5) is 0 Å². The number of amides is 2. The van der Waals surface area contributed by atoms with Crippen LogP contribution in [0.25, 0.3) is 0 Å². The molecular weight excluding hydrogens is 590 g/mol. The normalized spacial score (nSPS) is 21.9. The number of carbonyl (C=O) groups excluding carboxylic acids is 2. The average Bonchev–Trinajstić information content (AvgIpc) is 3.54. The largest absolute Gasteiger partial charge is 0.485 e. The molecule has 2 aliphatic heterocycles. The Morgan fingerprint density at radius 2 is 1.90 bits per heavy atom. The van der Waals surface area contributed by atoms with Crippen LogP contribution in [0.3, 0.4) is 0 Å².